The second-order valence-electron chi connectivity index (χ2n) is 11.5. The fraction of sp³-hybridized carbons (Fsp3) is 0.517. The Morgan fingerprint density at radius 1 is 1.15 bits per heavy atom. The molecule has 10 heteroatoms. The number of hydrogen-bond acceptors (Lipinski definition) is 7. The standard InChI is InChI=1S/C29H35FN6O3/c1-29(2,3)39-28(38)36-13-5-8-24(36)26(37)33-23-14-18(15-23)9-10-19-17-31-27(35-25(19)32-21-11-12-21)34-22-7-4-6-20(30)16-22/h4,6-7,16-18,21,23-24H,5,8,11-15H2,1-3H3,(H,33,37)(H2,31,32,34,35). The molecule has 9 nitrogen and oxygen atoms in total. The molecule has 2 aromatic rings. The second kappa shape index (κ2) is 11.1. The van der Waals surface area contributed by atoms with Crippen LogP contribution in [-0.4, -0.2) is 57.1 Å². The molecule has 2 saturated carbocycles. The van der Waals surface area contributed by atoms with E-state index in [0.29, 0.717) is 42.0 Å². The Balaban J connectivity index is 1.16. The molecule has 1 aromatic carbocycles. The Kier molecular flexibility index (Phi) is 7.60. The van der Waals surface area contributed by atoms with Gasteiger partial charge in [-0.3, -0.25) is 9.69 Å². The van der Waals surface area contributed by atoms with Gasteiger partial charge < -0.3 is 20.7 Å². The van der Waals surface area contributed by atoms with E-state index in [2.05, 4.69) is 37.8 Å². The van der Waals surface area contributed by atoms with E-state index in [1.165, 1.54) is 17.0 Å². The van der Waals surface area contributed by atoms with Crippen LogP contribution in [0.3, 0.4) is 0 Å². The molecule has 1 unspecified atom stereocenters. The smallest absolute Gasteiger partial charge is 0.410 e. The van der Waals surface area contributed by atoms with E-state index in [0.717, 1.165) is 32.1 Å². The summed E-state index contributed by atoms with van der Waals surface area (Å²) in [5.41, 5.74) is 0.677. The summed E-state index contributed by atoms with van der Waals surface area (Å²) in [6, 6.07) is 6.07. The molecule has 3 fully saturated rings. The topological polar surface area (TPSA) is 108 Å². The zero-order valence-corrected chi connectivity index (χ0v) is 22.6. The highest BCUT2D eigenvalue weighted by atomic mass is 19.1. The maximum Gasteiger partial charge on any atom is 0.410 e. The molecule has 0 bridgehead atoms. The minimum absolute atomic E-state index is 0.0380. The van der Waals surface area contributed by atoms with Crippen LogP contribution in [0.2, 0.25) is 0 Å². The van der Waals surface area contributed by atoms with Crippen LogP contribution in [0.1, 0.15) is 64.9 Å². The van der Waals surface area contributed by atoms with Crippen molar-refractivity contribution in [2.45, 2.75) is 83.0 Å². The van der Waals surface area contributed by atoms with Crippen LogP contribution in [0.4, 0.5) is 26.6 Å². The average Bonchev–Trinajstić information content (AvgIpc) is 3.51. The monoisotopic (exact) mass is 534 g/mol. The fourth-order valence-electron chi connectivity index (χ4n) is 4.67. The summed E-state index contributed by atoms with van der Waals surface area (Å²) in [5.74, 6) is 7.23. The first-order valence-corrected chi connectivity index (χ1v) is 13.6. The van der Waals surface area contributed by atoms with Gasteiger partial charge in [0.1, 0.15) is 23.3 Å². The second-order valence-corrected chi connectivity index (χ2v) is 11.5. The van der Waals surface area contributed by atoms with Gasteiger partial charge in [0.05, 0.1) is 11.8 Å². The van der Waals surface area contributed by atoms with Gasteiger partial charge in [0.2, 0.25) is 11.9 Å². The fourth-order valence-corrected chi connectivity index (χ4v) is 4.67. The van der Waals surface area contributed by atoms with Gasteiger partial charge in [-0.15, -0.1) is 0 Å². The lowest BCUT2D eigenvalue weighted by Gasteiger charge is -2.34. The molecule has 3 N–H and O–H groups in total. The molecule has 39 heavy (non-hydrogen) atoms. The first-order chi connectivity index (χ1) is 18.6. The minimum atomic E-state index is -0.599. The van der Waals surface area contributed by atoms with Gasteiger partial charge in [-0.1, -0.05) is 17.9 Å². The molecule has 1 aromatic heterocycles. The predicted molar refractivity (Wildman–Crippen MR) is 146 cm³/mol. The summed E-state index contributed by atoms with van der Waals surface area (Å²) in [7, 11) is 0. The summed E-state index contributed by atoms with van der Waals surface area (Å²) >= 11 is 0. The van der Waals surface area contributed by atoms with E-state index in [1.807, 2.05) is 20.8 Å². The van der Waals surface area contributed by atoms with E-state index in [1.54, 1.807) is 18.3 Å². The van der Waals surface area contributed by atoms with Crippen molar-refractivity contribution in [3.63, 3.8) is 0 Å². The number of amides is 2. The van der Waals surface area contributed by atoms with Crippen molar-refractivity contribution in [3.8, 4) is 11.8 Å². The number of aromatic nitrogens is 2. The maximum absolute atomic E-state index is 13.5. The highest BCUT2D eigenvalue weighted by Gasteiger charge is 2.39. The number of hydrogen-bond donors (Lipinski definition) is 3. The summed E-state index contributed by atoms with van der Waals surface area (Å²) < 4.78 is 19.0. The SMILES string of the molecule is CC(C)(C)OC(=O)N1CCCC1C(=O)NC1CC(C#Cc2cnc(Nc3cccc(F)c3)nc2NC2CC2)C1. The highest BCUT2D eigenvalue weighted by Crippen LogP contribution is 2.30. The van der Waals surface area contributed by atoms with Crippen molar-refractivity contribution >= 4 is 29.5 Å². The molecule has 0 spiro atoms. The van der Waals surface area contributed by atoms with Crippen LogP contribution in [0.5, 0.6) is 0 Å². The van der Waals surface area contributed by atoms with Crippen LogP contribution in [0.25, 0.3) is 0 Å². The molecule has 3 aliphatic rings. The van der Waals surface area contributed by atoms with E-state index < -0.39 is 17.7 Å². The number of anilines is 3. The summed E-state index contributed by atoms with van der Waals surface area (Å²) in [4.78, 5) is 35.9. The number of benzene rings is 1. The van der Waals surface area contributed by atoms with E-state index >= 15 is 0 Å². The zero-order valence-electron chi connectivity index (χ0n) is 22.6. The number of likely N-dealkylation sites (tertiary alicyclic amines) is 1. The Morgan fingerprint density at radius 3 is 2.67 bits per heavy atom. The Bertz CT molecular complexity index is 1290. The molecule has 2 heterocycles. The quantitative estimate of drug-likeness (QED) is 0.466. The first-order valence-electron chi connectivity index (χ1n) is 13.6. The van der Waals surface area contributed by atoms with Crippen LogP contribution >= 0.6 is 0 Å². The van der Waals surface area contributed by atoms with E-state index in [9.17, 15) is 14.0 Å². The van der Waals surface area contributed by atoms with Crippen molar-refractivity contribution in [1.29, 1.82) is 0 Å². The maximum atomic E-state index is 13.5. The average molecular weight is 535 g/mol. The number of carbonyl (C=O) groups is 2. The zero-order chi connectivity index (χ0) is 27.6. The van der Waals surface area contributed by atoms with Gasteiger partial charge in [-0.05, 0) is 77.5 Å². The molecule has 1 aliphatic heterocycles. The van der Waals surface area contributed by atoms with Gasteiger partial charge in [0, 0.05) is 30.2 Å². The molecule has 5 rings (SSSR count). The van der Waals surface area contributed by atoms with Gasteiger partial charge in [0.25, 0.3) is 0 Å². The van der Waals surface area contributed by atoms with Gasteiger partial charge >= 0.3 is 6.09 Å². The first kappa shape index (κ1) is 26.7. The summed E-state index contributed by atoms with van der Waals surface area (Å²) in [5, 5.41) is 9.53. The van der Waals surface area contributed by atoms with E-state index in [4.69, 9.17) is 4.74 Å². The van der Waals surface area contributed by atoms with Gasteiger partial charge in [-0.2, -0.15) is 4.98 Å². The van der Waals surface area contributed by atoms with Crippen molar-refractivity contribution in [2.75, 3.05) is 17.2 Å². The molecule has 206 valence electrons. The summed E-state index contributed by atoms with van der Waals surface area (Å²) in [6.45, 7) is 5.99. The molecule has 1 atom stereocenters. The van der Waals surface area contributed by atoms with Crippen molar-refractivity contribution in [1.82, 2.24) is 20.2 Å². The third kappa shape index (κ3) is 7.16. The van der Waals surface area contributed by atoms with E-state index in [-0.39, 0.29) is 23.7 Å². The molecular weight excluding hydrogens is 499 g/mol. The number of nitrogens with zero attached hydrogens (tertiary/aromatic N) is 3. The lowest BCUT2D eigenvalue weighted by Crippen LogP contribution is -2.52. The Morgan fingerprint density at radius 2 is 1.95 bits per heavy atom. The van der Waals surface area contributed by atoms with Crippen molar-refractivity contribution < 1.29 is 18.7 Å². The molecule has 2 aliphatic carbocycles. The van der Waals surface area contributed by atoms with Gasteiger partial charge in [0.15, 0.2) is 0 Å². The molecular formula is C29H35FN6O3. The van der Waals surface area contributed by atoms with Crippen molar-refractivity contribution in [3.05, 3.63) is 41.8 Å². The number of halogens is 1. The van der Waals surface area contributed by atoms with Crippen LogP contribution in [-0.2, 0) is 9.53 Å². The summed E-state index contributed by atoms with van der Waals surface area (Å²) in [6.07, 6.45) is 6.34. The highest BCUT2D eigenvalue weighted by molar-refractivity contribution is 5.86. The lowest BCUT2D eigenvalue weighted by atomic mass is 9.80. The number of carbonyl (C=O) groups excluding carboxylic acids is 2. The van der Waals surface area contributed by atoms with Crippen LogP contribution in [0, 0.1) is 23.6 Å². The Hall–Kier alpha value is -3.87. The number of ether oxygens (including phenoxy) is 1. The van der Waals surface area contributed by atoms with Crippen molar-refractivity contribution in [2.24, 2.45) is 5.92 Å². The largest absolute Gasteiger partial charge is 0.444 e. The Labute approximate surface area is 228 Å². The van der Waals surface area contributed by atoms with Gasteiger partial charge in [-0.25, -0.2) is 14.2 Å². The van der Waals surface area contributed by atoms with Crippen LogP contribution < -0.4 is 16.0 Å². The molecule has 0 radical (unpaired) electrons. The minimum Gasteiger partial charge on any atom is -0.444 e. The normalized spacial score (nSPS) is 22.3. The predicted octanol–water partition coefficient (Wildman–Crippen LogP) is 4.58. The molecule has 1 saturated heterocycles. The molecule has 2 amide bonds. The number of rotatable bonds is 6. The van der Waals surface area contributed by atoms with Crippen LogP contribution in [0.15, 0.2) is 30.5 Å². The third-order valence-electron chi connectivity index (χ3n) is 6.87. The lowest BCUT2D eigenvalue weighted by molar-refractivity contribution is -0.126. The number of nitrogens with one attached hydrogen (secondary N) is 3. The third-order valence-corrected chi connectivity index (χ3v) is 6.87.